The molecular weight excluding hydrogens is 352 g/mol. The number of rotatable bonds is 6. The largest absolute Gasteiger partial charge is 0.496 e. The summed E-state index contributed by atoms with van der Waals surface area (Å²) in [5.41, 5.74) is 1.30. The zero-order chi connectivity index (χ0) is 19.2. The van der Waals surface area contributed by atoms with Gasteiger partial charge in [-0.05, 0) is 30.3 Å². The van der Waals surface area contributed by atoms with E-state index in [1.807, 2.05) is 24.3 Å². The van der Waals surface area contributed by atoms with Gasteiger partial charge in [-0.3, -0.25) is 4.79 Å². The fourth-order valence-electron chi connectivity index (χ4n) is 2.46. The van der Waals surface area contributed by atoms with Crippen molar-refractivity contribution in [2.45, 2.75) is 6.54 Å². The SMILES string of the molecule is COc1ccccc1CNC(=O)c1ccc(Nc2ccc(F)cc2F)nc1. The number of pyridine rings is 1. The van der Waals surface area contributed by atoms with Crippen LogP contribution in [0.1, 0.15) is 15.9 Å². The molecule has 27 heavy (non-hydrogen) atoms. The Morgan fingerprint density at radius 1 is 1.11 bits per heavy atom. The maximum absolute atomic E-state index is 13.7. The predicted octanol–water partition coefficient (Wildman–Crippen LogP) is 4.04. The van der Waals surface area contributed by atoms with Crippen molar-refractivity contribution in [3.05, 3.63) is 83.6 Å². The van der Waals surface area contributed by atoms with Gasteiger partial charge in [0.25, 0.3) is 5.91 Å². The topological polar surface area (TPSA) is 63.2 Å². The predicted molar refractivity (Wildman–Crippen MR) is 98.0 cm³/mol. The van der Waals surface area contributed by atoms with E-state index in [0.29, 0.717) is 23.7 Å². The number of nitrogens with one attached hydrogen (secondary N) is 2. The Hall–Kier alpha value is -3.48. The number of hydrogen-bond acceptors (Lipinski definition) is 4. The lowest BCUT2D eigenvalue weighted by atomic mass is 10.2. The fraction of sp³-hybridized carbons (Fsp3) is 0.100. The molecule has 3 aromatic rings. The molecule has 0 atom stereocenters. The van der Waals surface area contributed by atoms with E-state index >= 15 is 0 Å². The van der Waals surface area contributed by atoms with Crippen LogP contribution in [0.3, 0.4) is 0 Å². The highest BCUT2D eigenvalue weighted by Gasteiger charge is 2.09. The normalized spacial score (nSPS) is 10.3. The molecule has 0 radical (unpaired) electrons. The van der Waals surface area contributed by atoms with Crippen molar-refractivity contribution in [2.75, 3.05) is 12.4 Å². The zero-order valence-corrected chi connectivity index (χ0v) is 14.5. The molecule has 5 nitrogen and oxygen atoms in total. The van der Waals surface area contributed by atoms with Crippen LogP contribution in [0.2, 0.25) is 0 Å². The number of aromatic nitrogens is 1. The number of methoxy groups -OCH3 is 1. The zero-order valence-electron chi connectivity index (χ0n) is 14.5. The molecule has 1 amide bonds. The fourth-order valence-corrected chi connectivity index (χ4v) is 2.46. The average Bonchev–Trinajstić information content (AvgIpc) is 2.69. The summed E-state index contributed by atoms with van der Waals surface area (Å²) < 4.78 is 31.8. The number of nitrogens with zero attached hydrogens (tertiary/aromatic N) is 1. The van der Waals surface area contributed by atoms with Gasteiger partial charge >= 0.3 is 0 Å². The number of hydrogen-bond donors (Lipinski definition) is 2. The van der Waals surface area contributed by atoms with E-state index in [1.54, 1.807) is 19.2 Å². The Bertz CT molecular complexity index is 946. The second-order valence-electron chi connectivity index (χ2n) is 5.68. The molecule has 3 rings (SSSR count). The molecule has 0 aliphatic rings. The van der Waals surface area contributed by atoms with Crippen LogP contribution < -0.4 is 15.4 Å². The van der Waals surface area contributed by atoms with Crippen LogP contribution in [-0.2, 0) is 6.54 Å². The van der Waals surface area contributed by atoms with Crippen molar-refractivity contribution >= 4 is 17.4 Å². The highest BCUT2D eigenvalue weighted by molar-refractivity contribution is 5.94. The van der Waals surface area contributed by atoms with Gasteiger partial charge in [-0.25, -0.2) is 13.8 Å². The Balaban J connectivity index is 1.63. The van der Waals surface area contributed by atoms with Crippen molar-refractivity contribution in [1.82, 2.24) is 10.3 Å². The minimum Gasteiger partial charge on any atom is -0.496 e. The quantitative estimate of drug-likeness (QED) is 0.688. The smallest absolute Gasteiger partial charge is 0.253 e. The van der Waals surface area contributed by atoms with Gasteiger partial charge in [-0.1, -0.05) is 18.2 Å². The molecule has 1 heterocycles. The lowest BCUT2D eigenvalue weighted by Crippen LogP contribution is -2.23. The molecule has 7 heteroatoms. The standard InChI is InChI=1S/C20H17F2N3O2/c1-27-18-5-3-2-4-13(18)11-24-20(26)14-6-9-19(23-12-14)25-17-8-7-15(21)10-16(17)22/h2-10,12H,11H2,1H3,(H,23,25)(H,24,26). The Kier molecular flexibility index (Phi) is 5.61. The van der Waals surface area contributed by atoms with E-state index < -0.39 is 11.6 Å². The highest BCUT2D eigenvalue weighted by atomic mass is 19.1. The molecule has 0 spiro atoms. The van der Waals surface area contributed by atoms with Gasteiger partial charge in [-0.2, -0.15) is 0 Å². The summed E-state index contributed by atoms with van der Waals surface area (Å²) in [6.45, 7) is 0.309. The second-order valence-corrected chi connectivity index (χ2v) is 5.68. The van der Waals surface area contributed by atoms with Crippen molar-refractivity contribution in [3.8, 4) is 5.75 Å². The Morgan fingerprint density at radius 2 is 1.93 bits per heavy atom. The lowest BCUT2D eigenvalue weighted by molar-refractivity contribution is 0.0950. The monoisotopic (exact) mass is 369 g/mol. The van der Waals surface area contributed by atoms with E-state index in [-0.39, 0.29) is 11.6 Å². The van der Waals surface area contributed by atoms with Crippen LogP contribution in [0.4, 0.5) is 20.3 Å². The van der Waals surface area contributed by atoms with E-state index in [4.69, 9.17) is 4.74 Å². The minimum atomic E-state index is -0.726. The molecule has 0 saturated carbocycles. The molecule has 138 valence electrons. The Morgan fingerprint density at radius 3 is 2.63 bits per heavy atom. The third-order valence-electron chi connectivity index (χ3n) is 3.85. The summed E-state index contributed by atoms with van der Waals surface area (Å²) >= 11 is 0. The van der Waals surface area contributed by atoms with Gasteiger partial charge in [0.2, 0.25) is 0 Å². The summed E-state index contributed by atoms with van der Waals surface area (Å²) in [6.07, 6.45) is 1.38. The van der Waals surface area contributed by atoms with Crippen molar-refractivity contribution < 1.29 is 18.3 Å². The summed E-state index contributed by atoms with van der Waals surface area (Å²) in [6, 6.07) is 13.7. The van der Waals surface area contributed by atoms with Crippen LogP contribution in [0.15, 0.2) is 60.8 Å². The first-order valence-corrected chi connectivity index (χ1v) is 8.15. The van der Waals surface area contributed by atoms with Crippen LogP contribution in [0.5, 0.6) is 5.75 Å². The number of amides is 1. The lowest BCUT2D eigenvalue weighted by Gasteiger charge is -2.10. The first-order valence-electron chi connectivity index (χ1n) is 8.15. The average molecular weight is 369 g/mol. The van der Waals surface area contributed by atoms with Gasteiger partial charge in [0.05, 0.1) is 18.4 Å². The van der Waals surface area contributed by atoms with Crippen molar-refractivity contribution in [3.63, 3.8) is 0 Å². The van der Waals surface area contributed by atoms with E-state index in [0.717, 1.165) is 17.7 Å². The van der Waals surface area contributed by atoms with Gasteiger partial charge in [0.15, 0.2) is 0 Å². The molecule has 0 aliphatic heterocycles. The molecule has 2 aromatic carbocycles. The maximum Gasteiger partial charge on any atom is 0.253 e. The van der Waals surface area contributed by atoms with Crippen LogP contribution >= 0.6 is 0 Å². The number of halogens is 2. The minimum absolute atomic E-state index is 0.0947. The van der Waals surface area contributed by atoms with E-state index in [2.05, 4.69) is 15.6 Å². The molecule has 0 unspecified atom stereocenters. The van der Waals surface area contributed by atoms with Gasteiger partial charge in [0, 0.05) is 24.4 Å². The molecule has 2 N–H and O–H groups in total. The van der Waals surface area contributed by atoms with Gasteiger partial charge in [-0.15, -0.1) is 0 Å². The number of carbonyl (C=O) groups is 1. The van der Waals surface area contributed by atoms with Crippen LogP contribution in [0, 0.1) is 11.6 Å². The molecule has 1 aromatic heterocycles. The summed E-state index contributed by atoms with van der Waals surface area (Å²) in [4.78, 5) is 16.4. The highest BCUT2D eigenvalue weighted by Crippen LogP contribution is 2.20. The molecule has 0 aliphatic carbocycles. The molecule has 0 saturated heterocycles. The summed E-state index contributed by atoms with van der Waals surface area (Å²) in [7, 11) is 1.57. The van der Waals surface area contributed by atoms with Gasteiger partial charge < -0.3 is 15.4 Å². The third kappa shape index (κ3) is 4.58. The first kappa shape index (κ1) is 18.3. The number of para-hydroxylation sites is 1. The number of ether oxygens (including phenoxy) is 1. The summed E-state index contributed by atoms with van der Waals surface area (Å²) in [5.74, 6) is -0.657. The summed E-state index contributed by atoms with van der Waals surface area (Å²) in [5, 5.41) is 5.53. The van der Waals surface area contributed by atoms with E-state index in [1.165, 1.54) is 12.3 Å². The van der Waals surface area contributed by atoms with Gasteiger partial charge in [0.1, 0.15) is 23.2 Å². The Labute approximate surface area is 155 Å². The van der Waals surface area contributed by atoms with E-state index in [9.17, 15) is 13.6 Å². The third-order valence-corrected chi connectivity index (χ3v) is 3.85. The maximum atomic E-state index is 13.7. The van der Waals surface area contributed by atoms with Crippen LogP contribution in [0.25, 0.3) is 0 Å². The second kappa shape index (κ2) is 8.27. The first-order chi connectivity index (χ1) is 13.1. The molecular formula is C20H17F2N3O2. The van der Waals surface area contributed by atoms with Crippen molar-refractivity contribution in [1.29, 1.82) is 0 Å². The number of benzene rings is 2. The van der Waals surface area contributed by atoms with Crippen molar-refractivity contribution in [2.24, 2.45) is 0 Å². The number of anilines is 2. The van der Waals surface area contributed by atoms with Crippen LogP contribution in [-0.4, -0.2) is 18.0 Å². The molecule has 0 bridgehead atoms. The number of carbonyl (C=O) groups excluding carboxylic acids is 1. The molecule has 0 fully saturated rings.